The minimum Gasteiger partial charge on any atom is -0.352 e. The van der Waals surface area contributed by atoms with E-state index in [0.717, 1.165) is 42.6 Å². The highest BCUT2D eigenvalue weighted by Gasteiger charge is 2.32. The average Bonchev–Trinajstić information content (AvgIpc) is 2.74. The van der Waals surface area contributed by atoms with E-state index in [1.165, 1.54) is 0 Å². The van der Waals surface area contributed by atoms with Gasteiger partial charge in [-0.3, -0.25) is 9.59 Å². The highest BCUT2D eigenvalue weighted by atomic mass is 16.2. The molecule has 0 aromatic heterocycles. The van der Waals surface area contributed by atoms with Crippen LogP contribution in [0.1, 0.15) is 41.3 Å². The van der Waals surface area contributed by atoms with Gasteiger partial charge in [0.05, 0.1) is 12.1 Å². The fourth-order valence-electron chi connectivity index (χ4n) is 2.95. The quantitative estimate of drug-likeness (QED) is 0.896. The summed E-state index contributed by atoms with van der Waals surface area (Å²) in [6.07, 6.45) is 3.31. The van der Waals surface area contributed by atoms with Crippen LogP contribution in [-0.2, 0) is 17.6 Å². The van der Waals surface area contributed by atoms with E-state index in [2.05, 4.69) is 5.32 Å². The molecule has 1 aromatic rings. The molecule has 2 amide bonds. The highest BCUT2D eigenvalue weighted by molar-refractivity contribution is 6.04. The van der Waals surface area contributed by atoms with Crippen molar-refractivity contribution in [3.8, 4) is 0 Å². The van der Waals surface area contributed by atoms with E-state index in [1.807, 2.05) is 24.0 Å². The Bertz CT molecular complexity index is 551. The van der Waals surface area contributed by atoms with Crippen molar-refractivity contribution in [2.45, 2.75) is 32.6 Å². The van der Waals surface area contributed by atoms with Gasteiger partial charge in [-0.15, -0.1) is 0 Å². The van der Waals surface area contributed by atoms with E-state index in [4.69, 9.17) is 0 Å². The molecule has 4 nitrogen and oxygen atoms in total. The van der Waals surface area contributed by atoms with Gasteiger partial charge in [0.2, 0.25) is 5.91 Å². The summed E-state index contributed by atoms with van der Waals surface area (Å²) in [5.74, 6) is 0.138. The van der Waals surface area contributed by atoms with Crippen molar-refractivity contribution >= 4 is 17.5 Å². The number of hydrogen-bond acceptors (Lipinski definition) is 2. The smallest absolute Gasteiger partial charge is 0.251 e. The summed E-state index contributed by atoms with van der Waals surface area (Å²) in [5.41, 5.74) is 3.93. The number of carbonyl (C=O) groups excluding carboxylic acids is 2. The van der Waals surface area contributed by atoms with Crippen molar-refractivity contribution in [3.05, 3.63) is 28.8 Å². The lowest BCUT2D eigenvalue weighted by Gasteiger charge is -2.25. The van der Waals surface area contributed by atoms with Crippen LogP contribution in [0.2, 0.25) is 0 Å². The molecule has 0 spiro atoms. The molecule has 3 rings (SSSR count). The molecule has 1 N–H and O–H groups in total. The first-order valence-corrected chi connectivity index (χ1v) is 6.95. The van der Waals surface area contributed by atoms with Gasteiger partial charge in [0.1, 0.15) is 0 Å². The topological polar surface area (TPSA) is 49.4 Å². The zero-order chi connectivity index (χ0) is 13.4. The van der Waals surface area contributed by atoms with Crippen molar-refractivity contribution in [1.29, 1.82) is 0 Å². The first kappa shape index (κ1) is 12.2. The van der Waals surface area contributed by atoms with Gasteiger partial charge in [-0.25, -0.2) is 0 Å². The van der Waals surface area contributed by atoms with Crippen LogP contribution in [0, 0.1) is 0 Å². The van der Waals surface area contributed by atoms with E-state index >= 15 is 0 Å². The molecule has 0 radical (unpaired) electrons. The van der Waals surface area contributed by atoms with Crippen LogP contribution >= 0.6 is 0 Å². The Morgan fingerprint density at radius 1 is 1.37 bits per heavy atom. The molecule has 0 atom stereocenters. The monoisotopic (exact) mass is 258 g/mol. The van der Waals surface area contributed by atoms with Crippen LogP contribution in [0.15, 0.2) is 12.1 Å². The zero-order valence-corrected chi connectivity index (χ0v) is 11.2. The maximum absolute atomic E-state index is 12.0. The Balaban J connectivity index is 1.96. The molecular formula is C15H18N2O2. The number of benzene rings is 1. The molecule has 2 aliphatic rings. The zero-order valence-electron chi connectivity index (χ0n) is 11.2. The molecule has 2 aliphatic heterocycles. The Morgan fingerprint density at radius 2 is 2.16 bits per heavy atom. The van der Waals surface area contributed by atoms with Gasteiger partial charge < -0.3 is 10.2 Å². The fraction of sp³-hybridized carbons (Fsp3) is 0.467. The van der Waals surface area contributed by atoms with Crippen molar-refractivity contribution in [2.24, 2.45) is 0 Å². The number of amides is 2. The predicted octanol–water partition coefficient (Wildman–Crippen LogP) is 1.66. The maximum atomic E-state index is 12.0. The molecule has 2 heterocycles. The first-order valence-electron chi connectivity index (χ1n) is 6.95. The molecule has 19 heavy (non-hydrogen) atoms. The molecule has 100 valence electrons. The highest BCUT2D eigenvalue weighted by Crippen LogP contribution is 2.37. The molecule has 1 aromatic carbocycles. The van der Waals surface area contributed by atoms with Crippen molar-refractivity contribution in [3.63, 3.8) is 0 Å². The van der Waals surface area contributed by atoms with Gasteiger partial charge in [0.25, 0.3) is 5.91 Å². The third-order valence-corrected chi connectivity index (χ3v) is 3.81. The summed E-state index contributed by atoms with van der Waals surface area (Å²) >= 11 is 0. The summed E-state index contributed by atoms with van der Waals surface area (Å²) in [6.45, 7) is 3.54. The van der Waals surface area contributed by atoms with E-state index in [1.54, 1.807) is 0 Å². The lowest BCUT2D eigenvalue weighted by atomic mass is 9.96. The van der Waals surface area contributed by atoms with Crippen LogP contribution in [0.3, 0.4) is 0 Å². The second-order valence-corrected chi connectivity index (χ2v) is 5.22. The normalized spacial score (nSPS) is 16.5. The van der Waals surface area contributed by atoms with Crippen LogP contribution in [-0.4, -0.2) is 24.9 Å². The molecule has 0 aliphatic carbocycles. The van der Waals surface area contributed by atoms with Crippen LogP contribution in [0.25, 0.3) is 0 Å². The van der Waals surface area contributed by atoms with Gasteiger partial charge in [-0.1, -0.05) is 6.92 Å². The Kier molecular flexibility index (Phi) is 3.01. The second-order valence-electron chi connectivity index (χ2n) is 5.22. The van der Waals surface area contributed by atoms with E-state index in [-0.39, 0.29) is 11.8 Å². The van der Waals surface area contributed by atoms with E-state index in [9.17, 15) is 9.59 Å². The molecule has 4 heteroatoms. The standard InChI is InChI=1S/C15H18N2O2/c1-2-5-16-15(19)12-7-10-4-3-6-17-13(18)9-11(8-12)14(10)17/h7-8H,2-6,9H2,1H3,(H,16,19). The minimum absolute atomic E-state index is 0.0302. The summed E-state index contributed by atoms with van der Waals surface area (Å²) in [6, 6.07) is 3.83. The molecule has 0 saturated heterocycles. The minimum atomic E-state index is -0.0302. The first-order chi connectivity index (χ1) is 9.20. The van der Waals surface area contributed by atoms with E-state index in [0.29, 0.717) is 18.5 Å². The summed E-state index contributed by atoms with van der Waals surface area (Å²) in [5, 5.41) is 2.89. The SMILES string of the molecule is CCCNC(=O)c1cc2c3c(c1)CC(=O)N3CCC2. The molecule has 0 saturated carbocycles. The number of aryl methyl sites for hydroxylation is 1. The predicted molar refractivity (Wildman–Crippen MR) is 73.4 cm³/mol. The fourth-order valence-corrected chi connectivity index (χ4v) is 2.95. The van der Waals surface area contributed by atoms with Gasteiger partial charge in [-0.2, -0.15) is 0 Å². The van der Waals surface area contributed by atoms with Crippen molar-refractivity contribution in [1.82, 2.24) is 5.32 Å². The lowest BCUT2D eigenvalue weighted by Crippen LogP contribution is -2.31. The van der Waals surface area contributed by atoms with Gasteiger partial charge in [-0.05, 0) is 42.5 Å². The molecule has 0 unspecified atom stereocenters. The lowest BCUT2D eigenvalue weighted by molar-refractivity contribution is -0.117. The third-order valence-electron chi connectivity index (χ3n) is 3.81. The Labute approximate surface area is 112 Å². The van der Waals surface area contributed by atoms with Gasteiger partial charge in [0.15, 0.2) is 0 Å². The van der Waals surface area contributed by atoms with Crippen LogP contribution in [0.5, 0.6) is 0 Å². The number of nitrogens with one attached hydrogen (secondary N) is 1. The maximum Gasteiger partial charge on any atom is 0.251 e. The van der Waals surface area contributed by atoms with Crippen molar-refractivity contribution < 1.29 is 9.59 Å². The second kappa shape index (κ2) is 4.68. The van der Waals surface area contributed by atoms with E-state index < -0.39 is 0 Å². The number of nitrogens with zero attached hydrogens (tertiary/aromatic N) is 1. The largest absolute Gasteiger partial charge is 0.352 e. The Hall–Kier alpha value is -1.84. The summed E-state index contributed by atoms with van der Waals surface area (Å²) in [7, 11) is 0. The van der Waals surface area contributed by atoms with Crippen LogP contribution in [0.4, 0.5) is 5.69 Å². The molecular weight excluding hydrogens is 240 g/mol. The summed E-state index contributed by atoms with van der Waals surface area (Å²) in [4.78, 5) is 25.8. The number of anilines is 1. The Morgan fingerprint density at radius 3 is 2.95 bits per heavy atom. The molecule has 0 bridgehead atoms. The van der Waals surface area contributed by atoms with Gasteiger partial charge >= 0.3 is 0 Å². The number of carbonyl (C=O) groups is 2. The summed E-state index contributed by atoms with van der Waals surface area (Å²) < 4.78 is 0. The van der Waals surface area contributed by atoms with Crippen molar-refractivity contribution in [2.75, 3.05) is 18.0 Å². The third kappa shape index (κ3) is 2.01. The van der Waals surface area contributed by atoms with Crippen LogP contribution < -0.4 is 10.2 Å². The number of hydrogen-bond donors (Lipinski definition) is 1. The molecule has 0 fully saturated rings. The average molecular weight is 258 g/mol. The van der Waals surface area contributed by atoms with Gasteiger partial charge in [0, 0.05) is 18.7 Å². The number of rotatable bonds is 3.